The van der Waals surface area contributed by atoms with Gasteiger partial charge >= 0.3 is 12.1 Å². The molecule has 13 nitrogen and oxygen atoms in total. The number of nitrogens with zero attached hydrogens (tertiary/aromatic N) is 3. The normalized spacial score (nSPS) is 23.0. The number of likely N-dealkylation sites (N-methyl/N-ethyl adjacent to an activating group) is 1. The molecular formula is C35H51N5O8. The molecule has 0 bridgehead atoms. The van der Waals surface area contributed by atoms with Crippen molar-refractivity contribution in [3.8, 4) is 11.6 Å². The lowest BCUT2D eigenvalue weighted by molar-refractivity contribution is -0.148. The number of amides is 3. The highest BCUT2D eigenvalue weighted by Crippen LogP contribution is 2.47. The number of nitrogens with one attached hydrogen (secondary N) is 2. The Morgan fingerprint density at radius 2 is 1.81 bits per heavy atom. The molecule has 0 spiro atoms. The van der Waals surface area contributed by atoms with E-state index in [2.05, 4.69) is 15.6 Å². The third-order valence-corrected chi connectivity index (χ3v) is 9.00. The van der Waals surface area contributed by atoms with E-state index < -0.39 is 58.6 Å². The molecule has 1 aromatic carbocycles. The van der Waals surface area contributed by atoms with Crippen LogP contribution in [-0.2, 0) is 23.9 Å². The Labute approximate surface area is 283 Å². The van der Waals surface area contributed by atoms with E-state index in [1.807, 2.05) is 71.0 Å². The Morgan fingerprint density at radius 1 is 1.10 bits per heavy atom. The molecule has 264 valence electrons. The average molecular weight is 670 g/mol. The first-order valence-corrected chi connectivity index (χ1v) is 16.4. The Kier molecular flexibility index (Phi) is 10.8. The number of rotatable bonds is 12. The topological polar surface area (TPSA) is 149 Å². The molecule has 1 aromatic heterocycles. The fourth-order valence-corrected chi connectivity index (χ4v) is 6.65. The van der Waals surface area contributed by atoms with Gasteiger partial charge in [-0.3, -0.25) is 9.59 Å². The van der Waals surface area contributed by atoms with Crippen molar-refractivity contribution in [3.05, 3.63) is 30.5 Å². The van der Waals surface area contributed by atoms with Gasteiger partial charge < -0.3 is 39.4 Å². The van der Waals surface area contributed by atoms with Crippen LogP contribution in [0.3, 0.4) is 0 Å². The standard InChI is InChI=1S/C35H51N5O8/c1-11-22-18-35(22,31(43)46-10)38-28(41)26-17-24(47-29-25-13-12-23(45-9)16-21(25)14-15-36-29)19-40(26)30(42)27(33(2,3)4)37-32(44)48-34(5,6)20-39(7)8/h12-16,22,24,26-27H,11,17-20H2,1-10H3,(H,37,44)(H,38,41)/t22-,24-,26+,27-,35-/m1/s1. The molecule has 2 fully saturated rings. The van der Waals surface area contributed by atoms with Crippen molar-refractivity contribution in [1.82, 2.24) is 25.4 Å². The smallest absolute Gasteiger partial charge is 0.408 e. The van der Waals surface area contributed by atoms with Gasteiger partial charge in [0.1, 0.15) is 35.1 Å². The highest BCUT2D eigenvalue weighted by molar-refractivity contribution is 5.96. The predicted molar refractivity (Wildman–Crippen MR) is 180 cm³/mol. The molecule has 2 heterocycles. The van der Waals surface area contributed by atoms with Gasteiger partial charge in [0.2, 0.25) is 17.7 Å². The number of pyridine rings is 1. The van der Waals surface area contributed by atoms with E-state index in [1.165, 1.54) is 12.0 Å². The van der Waals surface area contributed by atoms with Crippen LogP contribution >= 0.6 is 0 Å². The van der Waals surface area contributed by atoms with Crippen LogP contribution in [0.15, 0.2) is 30.5 Å². The molecule has 3 amide bonds. The number of aromatic nitrogens is 1. The Balaban J connectivity index is 1.64. The molecule has 2 aromatic rings. The number of carbonyl (C=O) groups is 4. The Hall–Kier alpha value is -4.13. The van der Waals surface area contributed by atoms with Crippen LogP contribution in [0, 0.1) is 11.3 Å². The monoisotopic (exact) mass is 669 g/mol. The van der Waals surface area contributed by atoms with Crippen molar-refractivity contribution >= 4 is 34.6 Å². The number of hydrogen-bond acceptors (Lipinski definition) is 10. The highest BCUT2D eigenvalue weighted by Gasteiger charge is 2.62. The molecule has 2 aliphatic rings. The first-order valence-electron chi connectivity index (χ1n) is 16.4. The van der Waals surface area contributed by atoms with Gasteiger partial charge in [-0.2, -0.15) is 0 Å². The fourth-order valence-electron chi connectivity index (χ4n) is 6.65. The number of fused-ring (bicyclic) bond motifs is 1. The third kappa shape index (κ3) is 8.11. The van der Waals surface area contributed by atoms with Gasteiger partial charge in [-0.1, -0.05) is 34.1 Å². The summed E-state index contributed by atoms with van der Waals surface area (Å²) in [7, 11) is 6.64. The van der Waals surface area contributed by atoms with Gasteiger partial charge in [0.05, 0.1) is 20.8 Å². The van der Waals surface area contributed by atoms with Gasteiger partial charge in [-0.05, 0) is 75.3 Å². The van der Waals surface area contributed by atoms with Crippen LogP contribution in [-0.4, -0.2) is 109 Å². The molecule has 1 aliphatic carbocycles. The number of alkyl carbamates (subject to hydrolysis) is 1. The first kappa shape index (κ1) is 36.7. The Bertz CT molecular complexity index is 1520. The Morgan fingerprint density at radius 3 is 2.40 bits per heavy atom. The number of benzene rings is 1. The summed E-state index contributed by atoms with van der Waals surface area (Å²) in [6, 6.07) is 5.33. The van der Waals surface area contributed by atoms with Gasteiger partial charge in [-0.25, -0.2) is 14.6 Å². The van der Waals surface area contributed by atoms with Crippen LogP contribution in [0.1, 0.15) is 60.8 Å². The molecular weight excluding hydrogens is 618 g/mol. The quantitative estimate of drug-likeness (QED) is 0.322. The number of methoxy groups -OCH3 is 2. The van der Waals surface area contributed by atoms with Crippen molar-refractivity contribution in [2.24, 2.45) is 11.3 Å². The lowest BCUT2D eigenvalue weighted by atomic mass is 9.85. The van der Waals surface area contributed by atoms with E-state index in [4.69, 9.17) is 18.9 Å². The minimum absolute atomic E-state index is 0.0446. The van der Waals surface area contributed by atoms with E-state index in [9.17, 15) is 19.2 Å². The third-order valence-electron chi connectivity index (χ3n) is 9.00. The summed E-state index contributed by atoms with van der Waals surface area (Å²) in [4.78, 5) is 62.3. The van der Waals surface area contributed by atoms with Crippen molar-refractivity contribution in [2.45, 2.75) is 90.1 Å². The summed E-state index contributed by atoms with van der Waals surface area (Å²) in [5.74, 6) is -0.518. The second kappa shape index (κ2) is 14.2. The van der Waals surface area contributed by atoms with Crippen LogP contribution in [0.25, 0.3) is 10.8 Å². The van der Waals surface area contributed by atoms with Crippen LogP contribution in [0.4, 0.5) is 4.79 Å². The number of ether oxygens (including phenoxy) is 4. The molecule has 2 N–H and O–H groups in total. The number of carbonyl (C=O) groups excluding carboxylic acids is 4. The summed E-state index contributed by atoms with van der Waals surface area (Å²) >= 11 is 0. The lowest BCUT2D eigenvalue weighted by Crippen LogP contribution is -2.59. The van der Waals surface area contributed by atoms with Crippen molar-refractivity contribution in [1.29, 1.82) is 0 Å². The summed E-state index contributed by atoms with van der Waals surface area (Å²) in [6.45, 7) is 11.5. The SMILES string of the molecule is CC[C@@H]1C[C@]1(NC(=O)[C@@H]1C[C@@H](Oc2nccc3cc(OC)ccc23)CN1C(=O)[C@@H](NC(=O)OC(C)(C)CN(C)C)C(C)(C)C)C(=O)OC. The predicted octanol–water partition coefficient (Wildman–Crippen LogP) is 3.53. The molecule has 5 atom stereocenters. The van der Waals surface area contributed by atoms with E-state index >= 15 is 0 Å². The summed E-state index contributed by atoms with van der Waals surface area (Å²) in [5, 5.41) is 7.31. The lowest BCUT2D eigenvalue weighted by Gasteiger charge is -2.36. The maximum atomic E-state index is 14.4. The number of hydrogen-bond donors (Lipinski definition) is 2. The molecule has 4 rings (SSSR count). The molecule has 1 saturated heterocycles. The zero-order valence-electron chi connectivity index (χ0n) is 29.8. The number of likely N-dealkylation sites (tertiary alicyclic amines) is 1. The van der Waals surface area contributed by atoms with E-state index in [0.29, 0.717) is 31.0 Å². The van der Waals surface area contributed by atoms with Crippen molar-refractivity contribution in [3.63, 3.8) is 0 Å². The van der Waals surface area contributed by atoms with Crippen LogP contribution in [0.2, 0.25) is 0 Å². The molecule has 1 aliphatic heterocycles. The van der Waals surface area contributed by atoms with Crippen molar-refractivity contribution in [2.75, 3.05) is 41.4 Å². The van der Waals surface area contributed by atoms with Crippen LogP contribution < -0.4 is 20.1 Å². The largest absolute Gasteiger partial charge is 0.497 e. The van der Waals surface area contributed by atoms with Crippen molar-refractivity contribution < 1.29 is 38.1 Å². The summed E-state index contributed by atoms with van der Waals surface area (Å²) < 4.78 is 22.5. The molecule has 0 radical (unpaired) electrons. The zero-order valence-corrected chi connectivity index (χ0v) is 29.8. The van der Waals surface area contributed by atoms with Gasteiger partial charge in [0.25, 0.3) is 0 Å². The second-order valence-corrected chi connectivity index (χ2v) is 14.8. The van der Waals surface area contributed by atoms with Gasteiger partial charge in [0.15, 0.2) is 0 Å². The minimum atomic E-state index is -1.14. The maximum absolute atomic E-state index is 14.4. The zero-order chi connectivity index (χ0) is 35.6. The summed E-state index contributed by atoms with van der Waals surface area (Å²) in [5.41, 5.74) is -2.73. The van der Waals surface area contributed by atoms with E-state index in [1.54, 1.807) is 27.2 Å². The molecule has 1 saturated carbocycles. The first-order chi connectivity index (χ1) is 22.4. The van der Waals surface area contributed by atoms with Gasteiger partial charge in [-0.15, -0.1) is 0 Å². The van der Waals surface area contributed by atoms with E-state index in [0.717, 1.165) is 10.8 Å². The van der Waals surface area contributed by atoms with Crippen LogP contribution in [0.5, 0.6) is 11.6 Å². The molecule has 0 unspecified atom stereocenters. The van der Waals surface area contributed by atoms with Gasteiger partial charge in [0, 0.05) is 24.5 Å². The molecule has 48 heavy (non-hydrogen) atoms. The molecule has 13 heteroatoms. The summed E-state index contributed by atoms with van der Waals surface area (Å²) in [6.07, 6.45) is 1.52. The second-order valence-electron chi connectivity index (χ2n) is 14.8. The highest BCUT2D eigenvalue weighted by atomic mass is 16.6. The van der Waals surface area contributed by atoms with E-state index in [-0.39, 0.29) is 18.9 Å². The number of esters is 1. The average Bonchev–Trinajstić information content (AvgIpc) is 3.56. The maximum Gasteiger partial charge on any atom is 0.408 e. The fraction of sp³-hybridized carbons (Fsp3) is 0.629. The minimum Gasteiger partial charge on any atom is -0.497 e.